The Hall–Kier alpha value is -0.420. The normalized spacial score (nSPS) is 12.3. The summed E-state index contributed by atoms with van der Waals surface area (Å²) in [5, 5.41) is 0. The largest absolute Gasteiger partial charge is 0.385 e. The van der Waals surface area contributed by atoms with Gasteiger partial charge in [-0.1, -0.05) is 79.2 Å². The van der Waals surface area contributed by atoms with Gasteiger partial charge >= 0.3 is 0 Å². The summed E-state index contributed by atoms with van der Waals surface area (Å²) in [6.07, 6.45) is 16.8. The second-order valence-corrected chi connectivity index (χ2v) is 8.23. The molecule has 0 aliphatic rings. The number of ether oxygens (including phenoxy) is 4. The average Bonchev–Trinajstić information content (AvgIpc) is 2.80. The fourth-order valence-electron chi connectivity index (χ4n) is 3.35. The Bertz CT molecular complexity index is 324. The van der Waals surface area contributed by atoms with Crippen molar-refractivity contribution in [2.75, 3.05) is 33.5 Å². The van der Waals surface area contributed by atoms with Crippen molar-refractivity contribution < 1.29 is 18.9 Å². The van der Waals surface area contributed by atoms with Crippen LogP contribution in [0.2, 0.25) is 0 Å². The minimum atomic E-state index is -0.890. The first-order valence-corrected chi connectivity index (χ1v) is 13.1. The standard InChI is InChI=1S/C23H48O4.C4H8/c1-6-10-11-12-13-14-16-22(17-15-21-24-5)23(25-18-7-2,26-19-8-3)27-20-9-4;1-3-4-2/h22H,6-21H2,1-5H3;3H,1,4H2,2H3. The fraction of sp³-hybridized carbons (Fsp3) is 0.926. The van der Waals surface area contributed by atoms with Crippen molar-refractivity contribution in [2.45, 2.75) is 124 Å². The maximum Gasteiger partial charge on any atom is 0.285 e. The number of unbranched alkanes of at least 4 members (excludes halogenated alkanes) is 5. The third kappa shape index (κ3) is 18.8. The SMILES string of the molecule is C=CCC.CCCCCCCCC(CCCOC)C(OCCC)(OCCC)OCCC. The van der Waals surface area contributed by atoms with Crippen LogP contribution in [0, 0.1) is 5.92 Å². The predicted molar refractivity (Wildman–Crippen MR) is 135 cm³/mol. The van der Waals surface area contributed by atoms with E-state index in [0.717, 1.165) is 51.6 Å². The maximum atomic E-state index is 6.29. The minimum Gasteiger partial charge on any atom is -0.385 e. The Kier molecular flexibility index (Phi) is 27.3. The number of allylic oxidation sites excluding steroid dienone is 1. The number of methoxy groups -OCH3 is 1. The van der Waals surface area contributed by atoms with Crippen molar-refractivity contribution in [1.82, 2.24) is 0 Å². The molecule has 0 fully saturated rings. The van der Waals surface area contributed by atoms with E-state index in [1.54, 1.807) is 7.11 Å². The monoisotopic (exact) mass is 444 g/mol. The lowest BCUT2D eigenvalue weighted by Crippen LogP contribution is -2.47. The lowest BCUT2D eigenvalue weighted by molar-refractivity contribution is -0.406. The molecule has 0 heterocycles. The Morgan fingerprint density at radius 1 is 0.645 bits per heavy atom. The van der Waals surface area contributed by atoms with E-state index in [-0.39, 0.29) is 5.92 Å². The van der Waals surface area contributed by atoms with Gasteiger partial charge in [0.25, 0.3) is 5.97 Å². The molecule has 0 aromatic carbocycles. The van der Waals surface area contributed by atoms with E-state index in [1.165, 1.54) is 38.5 Å². The quantitative estimate of drug-likeness (QED) is 0.0955. The Balaban J connectivity index is 0. The molecule has 0 saturated heterocycles. The van der Waals surface area contributed by atoms with Crippen LogP contribution in [0.15, 0.2) is 12.7 Å². The Labute approximate surface area is 195 Å². The number of rotatable bonds is 22. The van der Waals surface area contributed by atoms with Crippen LogP contribution in [0.5, 0.6) is 0 Å². The molecule has 0 aromatic heterocycles. The van der Waals surface area contributed by atoms with E-state index in [0.29, 0.717) is 19.8 Å². The zero-order chi connectivity index (χ0) is 23.6. The molecule has 1 unspecified atom stereocenters. The molecule has 0 bridgehead atoms. The van der Waals surface area contributed by atoms with Crippen molar-refractivity contribution in [3.05, 3.63) is 12.7 Å². The van der Waals surface area contributed by atoms with Crippen molar-refractivity contribution in [3.8, 4) is 0 Å². The zero-order valence-electron chi connectivity index (χ0n) is 22.0. The van der Waals surface area contributed by atoms with E-state index >= 15 is 0 Å². The first-order chi connectivity index (χ1) is 15.1. The zero-order valence-corrected chi connectivity index (χ0v) is 22.0. The van der Waals surface area contributed by atoms with Crippen LogP contribution in [-0.4, -0.2) is 39.5 Å². The minimum absolute atomic E-state index is 0.253. The molecule has 0 spiro atoms. The van der Waals surface area contributed by atoms with E-state index in [1.807, 2.05) is 6.08 Å². The van der Waals surface area contributed by atoms with Crippen molar-refractivity contribution in [1.29, 1.82) is 0 Å². The van der Waals surface area contributed by atoms with Gasteiger partial charge < -0.3 is 18.9 Å². The molecule has 0 N–H and O–H groups in total. The van der Waals surface area contributed by atoms with Crippen LogP contribution in [-0.2, 0) is 18.9 Å². The van der Waals surface area contributed by atoms with Crippen molar-refractivity contribution in [3.63, 3.8) is 0 Å². The second-order valence-electron chi connectivity index (χ2n) is 8.23. The average molecular weight is 445 g/mol. The molecule has 4 heteroatoms. The lowest BCUT2D eigenvalue weighted by atomic mass is 9.93. The van der Waals surface area contributed by atoms with Crippen LogP contribution in [0.3, 0.4) is 0 Å². The van der Waals surface area contributed by atoms with Crippen LogP contribution < -0.4 is 0 Å². The van der Waals surface area contributed by atoms with Gasteiger partial charge in [0.15, 0.2) is 0 Å². The summed E-state index contributed by atoms with van der Waals surface area (Å²) in [6, 6.07) is 0. The van der Waals surface area contributed by atoms with Gasteiger partial charge in [-0.15, -0.1) is 6.58 Å². The third-order valence-corrected chi connectivity index (χ3v) is 5.12. The molecular formula is C27H56O4. The van der Waals surface area contributed by atoms with Gasteiger partial charge in [0.1, 0.15) is 0 Å². The van der Waals surface area contributed by atoms with Gasteiger partial charge in [0, 0.05) is 19.6 Å². The van der Waals surface area contributed by atoms with Gasteiger partial charge in [0.2, 0.25) is 0 Å². The molecule has 188 valence electrons. The first kappa shape index (κ1) is 32.8. The van der Waals surface area contributed by atoms with Crippen molar-refractivity contribution in [2.24, 2.45) is 5.92 Å². The molecule has 1 atom stereocenters. The highest BCUT2D eigenvalue weighted by Gasteiger charge is 2.41. The summed E-state index contributed by atoms with van der Waals surface area (Å²) in [6.45, 7) is 17.0. The number of hydrogen-bond acceptors (Lipinski definition) is 4. The summed E-state index contributed by atoms with van der Waals surface area (Å²) in [4.78, 5) is 0. The molecule has 31 heavy (non-hydrogen) atoms. The van der Waals surface area contributed by atoms with Gasteiger partial charge in [0.05, 0.1) is 19.8 Å². The highest BCUT2D eigenvalue weighted by atomic mass is 16.9. The Morgan fingerprint density at radius 3 is 1.52 bits per heavy atom. The van der Waals surface area contributed by atoms with Crippen LogP contribution in [0.1, 0.15) is 118 Å². The summed E-state index contributed by atoms with van der Waals surface area (Å²) >= 11 is 0. The molecule has 0 aromatic rings. The first-order valence-electron chi connectivity index (χ1n) is 13.1. The topological polar surface area (TPSA) is 36.9 Å². The third-order valence-electron chi connectivity index (χ3n) is 5.12. The Morgan fingerprint density at radius 2 is 1.10 bits per heavy atom. The molecule has 4 nitrogen and oxygen atoms in total. The van der Waals surface area contributed by atoms with E-state index in [2.05, 4.69) is 41.2 Å². The van der Waals surface area contributed by atoms with E-state index < -0.39 is 5.97 Å². The highest BCUT2D eigenvalue weighted by Crippen LogP contribution is 2.34. The number of hydrogen-bond donors (Lipinski definition) is 0. The fourth-order valence-corrected chi connectivity index (χ4v) is 3.35. The summed E-state index contributed by atoms with van der Waals surface area (Å²) < 4.78 is 24.2. The molecule has 0 aliphatic carbocycles. The second kappa shape index (κ2) is 25.8. The lowest BCUT2D eigenvalue weighted by Gasteiger charge is -2.40. The van der Waals surface area contributed by atoms with Crippen LogP contribution in [0.25, 0.3) is 0 Å². The van der Waals surface area contributed by atoms with Gasteiger partial charge in [-0.25, -0.2) is 0 Å². The summed E-state index contributed by atoms with van der Waals surface area (Å²) in [7, 11) is 1.77. The van der Waals surface area contributed by atoms with Gasteiger partial charge in [-0.05, 0) is 44.9 Å². The van der Waals surface area contributed by atoms with Crippen LogP contribution >= 0.6 is 0 Å². The van der Waals surface area contributed by atoms with E-state index in [4.69, 9.17) is 18.9 Å². The maximum absolute atomic E-state index is 6.29. The molecule has 0 radical (unpaired) electrons. The predicted octanol–water partition coefficient (Wildman–Crippen LogP) is 8.30. The van der Waals surface area contributed by atoms with Gasteiger partial charge in [-0.2, -0.15) is 0 Å². The van der Waals surface area contributed by atoms with Crippen molar-refractivity contribution >= 4 is 0 Å². The van der Waals surface area contributed by atoms with Gasteiger partial charge in [-0.3, -0.25) is 0 Å². The van der Waals surface area contributed by atoms with Crippen LogP contribution in [0.4, 0.5) is 0 Å². The van der Waals surface area contributed by atoms with E-state index in [9.17, 15) is 0 Å². The molecule has 0 saturated carbocycles. The molecule has 0 amide bonds. The smallest absolute Gasteiger partial charge is 0.285 e. The molecular weight excluding hydrogens is 388 g/mol. The molecule has 0 rings (SSSR count). The highest BCUT2D eigenvalue weighted by molar-refractivity contribution is 4.73. The summed E-state index contributed by atoms with van der Waals surface area (Å²) in [5.41, 5.74) is 0. The molecule has 0 aliphatic heterocycles. The summed E-state index contributed by atoms with van der Waals surface area (Å²) in [5.74, 6) is -0.636.